The van der Waals surface area contributed by atoms with Gasteiger partial charge >= 0.3 is 5.97 Å². The van der Waals surface area contributed by atoms with E-state index < -0.39 is 0 Å². The second kappa shape index (κ2) is 18.6. The lowest BCUT2D eigenvalue weighted by Gasteiger charge is -2.20. The molecule has 0 aromatic carbocycles. The third-order valence-corrected chi connectivity index (χ3v) is 5.14. The van der Waals surface area contributed by atoms with E-state index in [0.717, 1.165) is 6.54 Å². The van der Waals surface area contributed by atoms with Crippen molar-refractivity contribution in [1.29, 1.82) is 0 Å². The third-order valence-electron chi connectivity index (χ3n) is 5.14. The Labute approximate surface area is 186 Å². The normalized spacial score (nSPS) is 11.6. The first-order valence-electron chi connectivity index (χ1n) is 11.1. The first-order chi connectivity index (χ1) is 14.9. The molecule has 1 atom stereocenters. The van der Waals surface area contributed by atoms with Crippen LogP contribution in [0.1, 0.15) is 51.9 Å². The fourth-order valence-corrected chi connectivity index (χ4v) is 3.07. The standard InChI is InChI=1S/C21H41N5O5/c1-4-26(15-10-18(27)23-2)16-11-20(29)24-13-9-17(6-8-21(30)31-3)5-7-19(28)25-14-12-22/h17H,4-16,22H2,1-3H3,(H,23,27)(H,24,29)(H,25,28). The highest BCUT2D eigenvalue weighted by molar-refractivity contribution is 5.76. The van der Waals surface area contributed by atoms with Crippen molar-refractivity contribution in [3.05, 3.63) is 0 Å². The van der Waals surface area contributed by atoms with E-state index in [4.69, 9.17) is 10.5 Å². The zero-order valence-corrected chi connectivity index (χ0v) is 19.3. The summed E-state index contributed by atoms with van der Waals surface area (Å²) in [5.41, 5.74) is 5.38. The molecule has 180 valence electrons. The minimum absolute atomic E-state index is 0.0161. The molecular formula is C21H41N5O5. The first kappa shape index (κ1) is 28.8. The van der Waals surface area contributed by atoms with Gasteiger partial charge in [0.15, 0.2) is 0 Å². The van der Waals surface area contributed by atoms with E-state index in [9.17, 15) is 19.2 Å². The number of hydrogen-bond donors (Lipinski definition) is 4. The van der Waals surface area contributed by atoms with Crippen molar-refractivity contribution in [1.82, 2.24) is 20.9 Å². The molecule has 10 nitrogen and oxygen atoms in total. The lowest BCUT2D eigenvalue weighted by molar-refractivity contribution is -0.141. The van der Waals surface area contributed by atoms with Gasteiger partial charge in [-0.05, 0) is 31.7 Å². The van der Waals surface area contributed by atoms with Crippen LogP contribution in [-0.2, 0) is 23.9 Å². The summed E-state index contributed by atoms with van der Waals surface area (Å²) in [7, 11) is 2.96. The Bertz CT molecular complexity index is 544. The molecule has 0 rings (SSSR count). The first-order valence-corrected chi connectivity index (χ1v) is 11.1. The van der Waals surface area contributed by atoms with E-state index in [0.29, 0.717) is 71.2 Å². The molecule has 0 aromatic rings. The molecule has 1 unspecified atom stereocenters. The van der Waals surface area contributed by atoms with Crippen LogP contribution in [0.15, 0.2) is 0 Å². The van der Waals surface area contributed by atoms with Crippen molar-refractivity contribution in [2.45, 2.75) is 51.9 Å². The molecule has 10 heteroatoms. The number of nitrogens with zero attached hydrogens (tertiary/aromatic N) is 1. The highest BCUT2D eigenvalue weighted by Crippen LogP contribution is 2.18. The Morgan fingerprint density at radius 3 is 2.03 bits per heavy atom. The van der Waals surface area contributed by atoms with Crippen molar-refractivity contribution < 1.29 is 23.9 Å². The van der Waals surface area contributed by atoms with Gasteiger partial charge in [0.2, 0.25) is 17.7 Å². The Morgan fingerprint density at radius 2 is 1.45 bits per heavy atom. The van der Waals surface area contributed by atoms with Crippen LogP contribution in [0.2, 0.25) is 0 Å². The van der Waals surface area contributed by atoms with Crippen molar-refractivity contribution in [2.75, 3.05) is 53.4 Å². The van der Waals surface area contributed by atoms with Crippen LogP contribution >= 0.6 is 0 Å². The average Bonchev–Trinajstić information content (AvgIpc) is 2.78. The fourth-order valence-electron chi connectivity index (χ4n) is 3.07. The zero-order valence-electron chi connectivity index (χ0n) is 19.3. The van der Waals surface area contributed by atoms with E-state index in [2.05, 4.69) is 20.9 Å². The van der Waals surface area contributed by atoms with E-state index >= 15 is 0 Å². The monoisotopic (exact) mass is 443 g/mol. The smallest absolute Gasteiger partial charge is 0.305 e. The van der Waals surface area contributed by atoms with Gasteiger partial charge in [-0.1, -0.05) is 6.92 Å². The number of rotatable bonds is 18. The molecule has 0 heterocycles. The van der Waals surface area contributed by atoms with Gasteiger partial charge in [0.1, 0.15) is 0 Å². The number of methoxy groups -OCH3 is 1. The van der Waals surface area contributed by atoms with Crippen LogP contribution in [0.3, 0.4) is 0 Å². The molecule has 0 aliphatic rings. The van der Waals surface area contributed by atoms with E-state index in [1.807, 2.05) is 6.92 Å². The zero-order chi connectivity index (χ0) is 23.5. The van der Waals surface area contributed by atoms with Crippen molar-refractivity contribution in [3.8, 4) is 0 Å². The quantitative estimate of drug-likeness (QED) is 0.214. The second-order valence-corrected chi connectivity index (χ2v) is 7.40. The molecule has 0 aliphatic carbocycles. The molecular weight excluding hydrogens is 402 g/mol. The summed E-state index contributed by atoms with van der Waals surface area (Å²) >= 11 is 0. The van der Waals surface area contributed by atoms with Crippen molar-refractivity contribution in [3.63, 3.8) is 0 Å². The largest absolute Gasteiger partial charge is 0.469 e. The number of amides is 3. The summed E-state index contributed by atoms with van der Waals surface area (Å²) in [6.45, 7) is 5.30. The predicted octanol–water partition coefficient (Wildman–Crippen LogP) is -0.235. The minimum atomic E-state index is -0.280. The summed E-state index contributed by atoms with van der Waals surface area (Å²) in [6.07, 6.45) is 3.33. The topological polar surface area (TPSA) is 143 Å². The average molecular weight is 444 g/mol. The highest BCUT2D eigenvalue weighted by atomic mass is 16.5. The number of nitrogens with one attached hydrogen (secondary N) is 3. The van der Waals surface area contributed by atoms with Gasteiger partial charge in [-0.15, -0.1) is 0 Å². The molecule has 0 aromatic heterocycles. The number of ether oxygens (including phenoxy) is 1. The molecule has 0 spiro atoms. The van der Waals surface area contributed by atoms with Gasteiger partial charge in [-0.25, -0.2) is 0 Å². The third kappa shape index (κ3) is 16.2. The second-order valence-electron chi connectivity index (χ2n) is 7.40. The van der Waals surface area contributed by atoms with Gasteiger partial charge in [0, 0.05) is 65.5 Å². The molecule has 3 amide bonds. The van der Waals surface area contributed by atoms with Gasteiger partial charge in [-0.3, -0.25) is 19.2 Å². The fraction of sp³-hybridized carbons (Fsp3) is 0.810. The predicted molar refractivity (Wildman–Crippen MR) is 119 cm³/mol. The van der Waals surface area contributed by atoms with Crippen LogP contribution in [0.25, 0.3) is 0 Å². The number of esters is 1. The highest BCUT2D eigenvalue weighted by Gasteiger charge is 2.15. The number of nitrogens with two attached hydrogens (primary N) is 1. The number of hydrogen-bond acceptors (Lipinski definition) is 7. The molecule has 0 aliphatic heterocycles. The summed E-state index contributed by atoms with van der Waals surface area (Å²) in [5, 5.41) is 8.24. The Balaban J connectivity index is 4.33. The van der Waals surface area contributed by atoms with Gasteiger partial charge in [-0.2, -0.15) is 0 Å². The maximum absolute atomic E-state index is 12.2. The van der Waals surface area contributed by atoms with E-state index in [-0.39, 0.29) is 36.0 Å². The van der Waals surface area contributed by atoms with Gasteiger partial charge < -0.3 is 31.3 Å². The van der Waals surface area contributed by atoms with Crippen LogP contribution < -0.4 is 21.7 Å². The lowest BCUT2D eigenvalue weighted by Crippen LogP contribution is -2.34. The summed E-state index contributed by atoms with van der Waals surface area (Å²) in [6, 6.07) is 0. The Morgan fingerprint density at radius 1 is 0.871 bits per heavy atom. The number of carbonyl (C=O) groups excluding carboxylic acids is 4. The summed E-state index contributed by atoms with van der Waals surface area (Å²) in [4.78, 5) is 48.9. The lowest BCUT2D eigenvalue weighted by atomic mass is 9.94. The van der Waals surface area contributed by atoms with Crippen LogP contribution in [0.5, 0.6) is 0 Å². The minimum Gasteiger partial charge on any atom is -0.469 e. The maximum atomic E-state index is 12.2. The van der Waals surface area contributed by atoms with Crippen LogP contribution in [0, 0.1) is 5.92 Å². The molecule has 0 saturated carbocycles. The van der Waals surface area contributed by atoms with E-state index in [1.165, 1.54) is 7.11 Å². The summed E-state index contributed by atoms with van der Waals surface area (Å²) < 4.78 is 4.70. The van der Waals surface area contributed by atoms with Crippen molar-refractivity contribution in [2.24, 2.45) is 11.7 Å². The SMILES string of the molecule is CCN(CCC(=O)NC)CCC(=O)NCCC(CCC(=O)NCCN)CCC(=O)OC. The van der Waals surface area contributed by atoms with Crippen LogP contribution in [0.4, 0.5) is 0 Å². The Hall–Kier alpha value is -2.20. The molecule has 0 fully saturated rings. The van der Waals surface area contributed by atoms with Gasteiger partial charge in [0.25, 0.3) is 0 Å². The van der Waals surface area contributed by atoms with Gasteiger partial charge in [0.05, 0.1) is 7.11 Å². The van der Waals surface area contributed by atoms with Crippen LogP contribution in [-0.4, -0.2) is 82.0 Å². The molecule has 31 heavy (non-hydrogen) atoms. The molecule has 0 bridgehead atoms. The molecule has 5 N–H and O–H groups in total. The molecule has 0 saturated heterocycles. The summed E-state index contributed by atoms with van der Waals surface area (Å²) in [5.74, 6) is -0.280. The van der Waals surface area contributed by atoms with E-state index in [1.54, 1.807) is 7.05 Å². The number of carbonyl (C=O) groups is 4. The maximum Gasteiger partial charge on any atom is 0.305 e. The Kier molecular flexibility index (Phi) is 17.2. The molecule has 0 radical (unpaired) electrons. The van der Waals surface area contributed by atoms with Crippen molar-refractivity contribution >= 4 is 23.7 Å².